The van der Waals surface area contributed by atoms with E-state index in [9.17, 15) is 24.2 Å². The molecule has 0 aromatic carbocycles. The zero-order valence-corrected chi connectivity index (χ0v) is 40.9. The van der Waals surface area contributed by atoms with Gasteiger partial charge in [-0.1, -0.05) is 227 Å². The summed E-state index contributed by atoms with van der Waals surface area (Å²) in [6.45, 7) is 3.33. The van der Waals surface area contributed by atoms with E-state index in [0.717, 1.165) is 64.2 Å². The standard InChI is InChI=1S/C53H92NO8P/c1-3-5-7-9-11-13-15-17-19-21-23-25-27-29-31-33-35-37-39-41-43-45-52(56)54-47-48-61-63(58,59)62-50-51(55)49-60-53(57)46-44-42-40-38-36-34-32-30-28-26-24-22-20-18-16-14-12-10-8-6-4-2/h5,7,11,13,17,19,23,25,29,31,35,37,41,43,51,55H,3-4,6,8-10,12,14-16,18,20-22,24,26-28,30,32-34,36,38-40,42,44-50H2,1-2H3,(H,54,56)(H,58,59)/b7-5-,13-11-,19-17-,25-23-,31-29-,37-35-,43-41-. The minimum atomic E-state index is -4.45. The SMILES string of the molecule is CC/C=C\C/C=C\C/C=C\C/C=C\C/C=C\C/C=C\C/C=C\CC(=O)NCCOP(=O)(O)OCC(O)COC(=O)CCCCCCCCCCCCCCCCCCCCCCC. The minimum Gasteiger partial charge on any atom is -0.463 e. The molecular formula is C53H92NO8P. The van der Waals surface area contributed by atoms with E-state index in [1.807, 2.05) is 12.2 Å². The molecule has 0 saturated carbocycles. The second kappa shape index (κ2) is 48.6. The molecule has 0 saturated heterocycles. The molecule has 0 rings (SSSR count). The number of allylic oxidation sites excluding steroid dienone is 13. The Hall–Kier alpha value is -2.81. The normalized spacial score (nSPS) is 13.9. The molecule has 9 nitrogen and oxygen atoms in total. The summed E-state index contributed by atoms with van der Waals surface area (Å²) in [5.74, 6) is -0.649. The van der Waals surface area contributed by atoms with Crippen molar-refractivity contribution in [3.8, 4) is 0 Å². The third kappa shape index (κ3) is 50.1. The number of aliphatic hydroxyl groups excluding tert-OH is 1. The van der Waals surface area contributed by atoms with Crippen LogP contribution in [0.5, 0.6) is 0 Å². The van der Waals surface area contributed by atoms with Gasteiger partial charge in [0, 0.05) is 19.4 Å². The van der Waals surface area contributed by atoms with Crippen LogP contribution in [0.15, 0.2) is 85.1 Å². The average Bonchev–Trinajstić information content (AvgIpc) is 3.27. The van der Waals surface area contributed by atoms with Gasteiger partial charge < -0.3 is 20.1 Å². The average molecular weight is 902 g/mol. The summed E-state index contributed by atoms with van der Waals surface area (Å²) in [5, 5.41) is 12.7. The molecule has 0 aromatic rings. The van der Waals surface area contributed by atoms with Crippen LogP contribution in [0.2, 0.25) is 0 Å². The zero-order chi connectivity index (χ0) is 46.0. The Balaban J connectivity index is 3.67. The number of aliphatic hydroxyl groups is 1. The Bertz CT molecular complexity index is 1300. The Labute approximate surface area is 385 Å². The number of nitrogens with one attached hydrogen (secondary N) is 1. The van der Waals surface area contributed by atoms with Gasteiger partial charge in [0.15, 0.2) is 0 Å². The highest BCUT2D eigenvalue weighted by molar-refractivity contribution is 7.47. The molecule has 2 unspecified atom stereocenters. The lowest BCUT2D eigenvalue weighted by molar-refractivity contribution is -0.147. The Morgan fingerprint density at radius 2 is 0.873 bits per heavy atom. The van der Waals surface area contributed by atoms with Crippen LogP contribution in [0.25, 0.3) is 0 Å². The number of phosphoric acid groups is 1. The third-order valence-electron chi connectivity index (χ3n) is 10.4. The van der Waals surface area contributed by atoms with Crippen molar-refractivity contribution >= 4 is 19.7 Å². The number of ether oxygens (including phenoxy) is 1. The van der Waals surface area contributed by atoms with Crippen molar-refractivity contribution in [3.63, 3.8) is 0 Å². The van der Waals surface area contributed by atoms with Crippen LogP contribution in [0, 0.1) is 0 Å². The zero-order valence-electron chi connectivity index (χ0n) is 40.0. The molecule has 0 aliphatic heterocycles. The molecule has 0 aliphatic rings. The lowest BCUT2D eigenvalue weighted by atomic mass is 10.0. The molecule has 2 atom stereocenters. The lowest BCUT2D eigenvalue weighted by Crippen LogP contribution is -2.26. The van der Waals surface area contributed by atoms with Gasteiger partial charge in [0.25, 0.3) is 0 Å². The molecule has 0 aromatic heterocycles. The van der Waals surface area contributed by atoms with Crippen molar-refractivity contribution in [2.24, 2.45) is 0 Å². The summed E-state index contributed by atoms with van der Waals surface area (Å²) in [7, 11) is -4.45. The van der Waals surface area contributed by atoms with E-state index in [0.29, 0.717) is 0 Å². The lowest BCUT2D eigenvalue weighted by Gasteiger charge is -2.15. The van der Waals surface area contributed by atoms with Gasteiger partial charge in [-0.15, -0.1) is 0 Å². The number of unbranched alkanes of at least 4 members (excludes halogenated alkanes) is 20. The highest BCUT2D eigenvalue weighted by Crippen LogP contribution is 2.42. The van der Waals surface area contributed by atoms with Crippen molar-refractivity contribution in [1.29, 1.82) is 0 Å². The first-order chi connectivity index (χ1) is 30.8. The largest absolute Gasteiger partial charge is 0.472 e. The van der Waals surface area contributed by atoms with Gasteiger partial charge in [0.05, 0.1) is 13.2 Å². The van der Waals surface area contributed by atoms with Gasteiger partial charge >= 0.3 is 13.8 Å². The number of carbonyl (C=O) groups is 2. The number of carbonyl (C=O) groups excluding carboxylic acids is 2. The van der Waals surface area contributed by atoms with Crippen molar-refractivity contribution < 1.29 is 37.9 Å². The molecule has 1 amide bonds. The molecular weight excluding hydrogens is 810 g/mol. The molecule has 0 aliphatic carbocycles. The van der Waals surface area contributed by atoms with Crippen molar-refractivity contribution in [3.05, 3.63) is 85.1 Å². The van der Waals surface area contributed by atoms with Gasteiger partial charge in [0.2, 0.25) is 5.91 Å². The summed E-state index contributed by atoms with van der Waals surface area (Å²) in [6, 6.07) is 0. The van der Waals surface area contributed by atoms with Crippen LogP contribution in [0.4, 0.5) is 0 Å². The molecule has 0 fully saturated rings. The molecule has 0 heterocycles. The molecule has 63 heavy (non-hydrogen) atoms. The topological polar surface area (TPSA) is 131 Å². The van der Waals surface area contributed by atoms with Crippen LogP contribution in [0.3, 0.4) is 0 Å². The van der Waals surface area contributed by atoms with Crippen LogP contribution in [-0.4, -0.2) is 54.3 Å². The molecule has 0 spiro atoms. The smallest absolute Gasteiger partial charge is 0.463 e. The minimum absolute atomic E-state index is 0.0213. The van der Waals surface area contributed by atoms with Gasteiger partial charge in [-0.3, -0.25) is 18.6 Å². The Morgan fingerprint density at radius 1 is 0.508 bits per heavy atom. The molecule has 3 N–H and O–H groups in total. The maximum atomic E-state index is 12.1. The van der Waals surface area contributed by atoms with Crippen molar-refractivity contribution in [2.45, 2.75) is 213 Å². The highest BCUT2D eigenvalue weighted by Gasteiger charge is 2.23. The van der Waals surface area contributed by atoms with E-state index in [1.54, 1.807) is 6.08 Å². The van der Waals surface area contributed by atoms with Gasteiger partial charge in [-0.05, 0) is 51.4 Å². The second-order valence-corrected chi connectivity index (χ2v) is 17.9. The van der Waals surface area contributed by atoms with E-state index in [1.165, 1.54) is 116 Å². The molecule has 0 bridgehead atoms. The van der Waals surface area contributed by atoms with Crippen molar-refractivity contribution in [1.82, 2.24) is 5.32 Å². The van der Waals surface area contributed by atoms with E-state index < -0.39 is 26.5 Å². The predicted octanol–water partition coefficient (Wildman–Crippen LogP) is 14.8. The van der Waals surface area contributed by atoms with Crippen LogP contribution < -0.4 is 5.32 Å². The van der Waals surface area contributed by atoms with E-state index in [-0.39, 0.29) is 38.5 Å². The molecule has 362 valence electrons. The van der Waals surface area contributed by atoms with Crippen LogP contribution in [-0.2, 0) is 27.9 Å². The fraction of sp³-hybridized carbons (Fsp3) is 0.698. The van der Waals surface area contributed by atoms with E-state index in [2.05, 4.69) is 86.0 Å². The maximum absolute atomic E-state index is 12.1. The Morgan fingerprint density at radius 3 is 1.27 bits per heavy atom. The third-order valence-corrected chi connectivity index (χ3v) is 11.4. The summed E-state index contributed by atoms with van der Waals surface area (Å²) < 4.78 is 26.9. The number of hydrogen-bond acceptors (Lipinski definition) is 7. The Kier molecular flexibility index (Phi) is 46.5. The van der Waals surface area contributed by atoms with Crippen LogP contribution in [0.1, 0.15) is 206 Å². The number of phosphoric ester groups is 1. The first-order valence-electron chi connectivity index (χ1n) is 25.1. The van der Waals surface area contributed by atoms with Gasteiger partial charge in [-0.25, -0.2) is 4.57 Å². The predicted molar refractivity (Wildman–Crippen MR) is 266 cm³/mol. The quantitative estimate of drug-likeness (QED) is 0.0238. The van der Waals surface area contributed by atoms with E-state index >= 15 is 0 Å². The maximum Gasteiger partial charge on any atom is 0.472 e. The number of rotatable bonds is 46. The summed E-state index contributed by atoms with van der Waals surface area (Å²) in [4.78, 5) is 34.0. The monoisotopic (exact) mass is 902 g/mol. The van der Waals surface area contributed by atoms with Gasteiger partial charge in [0.1, 0.15) is 12.7 Å². The first kappa shape index (κ1) is 60.2. The molecule has 0 radical (unpaired) electrons. The van der Waals surface area contributed by atoms with Crippen molar-refractivity contribution in [2.75, 3.05) is 26.4 Å². The summed E-state index contributed by atoms with van der Waals surface area (Å²) in [6.07, 6.45) is 62.7. The van der Waals surface area contributed by atoms with Gasteiger partial charge in [-0.2, -0.15) is 0 Å². The fourth-order valence-corrected chi connectivity index (χ4v) is 7.39. The molecule has 10 heteroatoms. The summed E-state index contributed by atoms with van der Waals surface area (Å²) in [5.41, 5.74) is 0. The second-order valence-electron chi connectivity index (χ2n) is 16.4. The highest BCUT2D eigenvalue weighted by atomic mass is 31.2. The number of hydrogen-bond donors (Lipinski definition) is 3. The fourth-order valence-electron chi connectivity index (χ4n) is 6.64. The van der Waals surface area contributed by atoms with Crippen LogP contribution >= 0.6 is 7.82 Å². The summed E-state index contributed by atoms with van der Waals surface area (Å²) >= 11 is 0. The number of esters is 1. The number of amides is 1. The van der Waals surface area contributed by atoms with E-state index in [4.69, 9.17) is 13.8 Å². The first-order valence-corrected chi connectivity index (χ1v) is 26.6.